The first-order chi connectivity index (χ1) is 5.79. The molecule has 62 valence electrons. The van der Waals surface area contributed by atoms with Gasteiger partial charge >= 0.3 is 0 Å². The third kappa shape index (κ3) is 1.23. The van der Waals surface area contributed by atoms with E-state index in [0.29, 0.717) is 0 Å². The fourth-order valence-electron chi connectivity index (χ4n) is 1.19. The van der Waals surface area contributed by atoms with E-state index in [1.165, 1.54) is 6.92 Å². The molecule has 3 nitrogen and oxygen atoms in total. The molecular weight excluding hydrogens is 154 g/mol. The highest BCUT2D eigenvalue weighted by molar-refractivity contribution is 5.83. The van der Waals surface area contributed by atoms with Crippen LogP contribution in [0.5, 0.6) is 0 Å². The summed E-state index contributed by atoms with van der Waals surface area (Å²) in [4.78, 5) is 14.9. The number of pyridine rings is 1. The summed E-state index contributed by atoms with van der Waals surface area (Å²) in [5.74, 6) is 0.0747. The van der Waals surface area contributed by atoms with E-state index >= 15 is 0 Å². The number of aromatic nitrogens is 1. The quantitative estimate of drug-likeness (QED) is 0.613. The van der Waals surface area contributed by atoms with Crippen molar-refractivity contribution in [2.45, 2.75) is 19.1 Å². The zero-order valence-corrected chi connectivity index (χ0v) is 6.73. The van der Waals surface area contributed by atoms with Gasteiger partial charge in [-0.15, -0.1) is 0 Å². The number of ether oxygens (including phenoxy) is 1. The minimum Gasteiger partial charge on any atom is -0.355 e. The molecule has 12 heavy (non-hydrogen) atoms. The Morgan fingerprint density at radius 1 is 1.58 bits per heavy atom. The van der Waals surface area contributed by atoms with Crippen molar-refractivity contribution in [2.75, 3.05) is 0 Å². The molecule has 2 atom stereocenters. The Kier molecular flexibility index (Phi) is 1.66. The smallest absolute Gasteiger partial charge is 0.161 e. The standard InChI is InChI=1S/C9H9NO2/c1-6(11)8-9(12-8)7-4-2-3-5-10-7/h2-5,8-9H,1H3/t8-,9+/m1/s1. The predicted molar refractivity (Wildman–Crippen MR) is 42.5 cm³/mol. The third-order valence-corrected chi connectivity index (χ3v) is 1.87. The van der Waals surface area contributed by atoms with Crippen LogP contribution in [-0.2, 0) is 9.53 Å². The Balaban J connectivity index is 2.11. The Labute approximate surface area is 70.4 Å². The SMILES string of the molecule is CC(=O)[C@H]1O[C@H]1c1ccccn1. The summed E-state index contributed by atoms with van der Waals surface area (Å²) in [6.07, 6.45) is 1.36. The summed E-state index contributed by atoms with van der Waals surface area (Å²) in [6, 6.07) is 5.60. The highest BCUT2D eigenvalue weighted by Crippen LogP contribution is 2.37. The molecule has 2 heterocycles. The number of rotatable bonds is 2. The molecule has 0 amide bonds. The lowest BCUT2D eigenvalue weighted by atomic mass is 10.2. The summed E-state index contributed by atoms with van der Waals surface area (Å²) in [5.41, 5.74) is 0.845. The van der Waals surface area contributed by atoms with Gasteiger partial charge in [-0.25, -0.2) is 0 Å². The lowest BCUT2D eigenvalue weighted by Gasteiger charge is -1.90. The van der Waals surface area contributed by atoms with E-state index in [0.717, 1.165) is 5.69 Å². The summed E-state index contributed by atoms with van der Waals surface area (Å²) < 4.78 is 5.15. The van der Waals surface area contributed by atoms with Crippen LogP contribution in [0.4, 0.5) is 0 Å². The molecule has 1 aromatic rings. The Morgan fingerprint density at radius 2 is 2.42 bits per heavy atom. The van der Waals surface area contributed by atoms with Gasteiger partial charge in [0.1, 0.15) is 12.2 Å². The maximum atomic E-state index is 10.8. The van der Waals surface area contributed by atoms with E-state index in [1.807, 2.05) is 18.2 Å². The molecule has 0 saturated carbocycles. The maximum absolute atomic E-state index is 10.8. The predicted octanol–water partition coefficient (Wildman–Crippen LogP) is 1.11. The summed E-state index contributed by atoms with van der Waals surface area (Å²) in [6.45, 7) is 1.54. The highest BCUT2D eigenvalue weighted by Gasteiger charge is 2.44. The van der Waals surface area contributed by atoms with Crippen LogP contribution in [0, 0.1) is 0 Å². The molecule has 3 heteroatoms. The molecule has 1 aliphatic heterocycles. The van der Waals surface area contributed by atoms with Crippen LogP contribution in [0.1, 0.15) is 18.7 Å². The van der Waals surface area contributed by atoms with Crippen LogP contribution < -0.4 is 0 Å². The minimum absolute atomic E-state index is 0.0747. The lowest BCUT2D eigenvalue weighted by Crippen LogP contribution is -2.01. The second-order valence-electron chi connectivity index (χ2n) is 2.84. The van der Waals surface area contributed by atoms with Gasteiger partial charge in [-0.2, -0.15) is 0 Å². The summed E-state index contributed by atoms with van der Waals surface area (Å²) in [5, 5.41) is 0. The van der Waals surface area contributed by atoms with Crippen LogP contribution in [0.2, 0.25) is 0 Å². The number of carbonyl (C=O) groups excluding carboxylic acids is 1. The van der Waals surface area contributed by atoms with Crippen LogP contribution in [0.25, 0.3) is 0 Å². The number of ketones is 1. The fraction of sp³-hybridized carbons (Fsp3) is 0.333. The molecule has 1 saturated heterocycles. The van der Waals surface area contributed by atoms with Gasteiger partial charge in [-0.3, -0.25) is 9.78 Å². The second-order valence-corrected chi connectivity index (χ2v) is 2.84. The van der Waals surface area contributed by atoms with Crippen molar-refractivity contribution in [2.24, 2.45) is 0 Å². The van der Waals surface area contributed by atoms with Gasteiger partial charge in [-0.1, -0.05) is 6.07 Å². The number of hydrogen-bond donors (Lipinski definition) is 0. The zero-order chi connectivity index (χ0) is 8.55. The van der Waals surface area contributed by atoms with Gasteiger partial charge in [-0.05, 0) is 19.1 Å². The van der Waals surface area contributed by atoms with Crippen molar-refractivity contribution in [1.82, 2.24) is 4.98 Å². The van der Waals surface area contributed by atoms with Crippen molar-refractivity contribution in [3.05, 3.63) is 30.1 Å². The molecule has 0 unspecified atom stereocenters. The first kappa shape index (κ1) is 7.43. The lowest BCUT2D eigenvalue weighted by molar-refractivity contribution is -0.118. The molecule has 1 aliphatic rings. The molecular formula is C9H9NO2. The monoisotopic (exact) mass is 163 g/mol. The number of Topliss-reactive ketones (excluding diaryl/α,β-unsaturated/α-hetero) is 1. The first-order valence-corrected chi connectivity index (χ1v) is 3.86. The van der Waals surface area contributed by atoms with Crippen molar-refractivity contribution in [3.63, 3.8) is 0 Å². The van der Waals surface area contributed by atoms with Crippen molar-refractivity contribution < 1.29 is 9.53 Å². The molecule has 0 aliphatic carbocycles. The van der Waals surface area contributed by atoms with Crippen LogP contribution >= 0.6 is 0 Å². The van der Waals surface area contributed by atoms with E-state index in [9.17, 15) is 4.79 Å². The number of carbonyl (C=O) groups is 1. The highest BCUT2D eigenvalue weighted by atomic mass is 16.6. The van der Waals surface area contributed by atoms with Gasteiger partial charge in [0.2, 0.25) is 0 Å². The van der Waals surface area contributed by atoms with Gasteiger partial charge in [0, 0.05) is 6.20 Å². The third-order valence-electron chi connectivity index (χ3n) is 1.87. The van der Waals surface area contributed by atoms with Gasteiger partial charge in [0.15, 0.2) is 5.78 Å². The second kappa shape index (κ2) is 2.68. The minimum atomic E-state index is -0.250. The molecule has 0 spiro atoms. The molecule has 0 radical (unpaired) electrons. The topological polar surface area (TPSA) is 42.5 Å². The fourth-order valence-corrected chi connectivity index (χ4v) is 1.19. The number of hydrogen-bond acceptors (Lipinski definition) is 3. The molecule has 0 aromatic carbocycles. The molecule has 0 bridgehead atoms. The molecule has 1 aromatic heterocycles. The van der Waals surface area contributed by atoms with E-state index in [1.54, 1.807) is 6.20 Å². The maximum Gasteiger partial charge on any atom is 0.161 e. The van der Waals surface area contributed by atoms with Crippen LogP contribution in [-0.4, -0.2) is 16.9 Å². The summed E-state index contributed by atoms with van der Waals surface area (Å²) in [7, 11) is 0. The molecule has 2 rings (SSSR count). The van der Waals surface area contributed by atoms with Gasteiger partial charge in [0.05, 0.1) is 5.69 Å². The largest absolute Gasteiger partial charge is 0.355 e. The Bertz CT molecular complexity index is 297. The molecule has 0 N–H and O–H groups in total. The van der Waals surface area contributed by atoms with Gasteiger partial charge < -0.3 is 4.74 Å². The van der Waals surface area contributed by atoms with Crippen molar-refractivity contribution in [1.29, 1.82) is 0 Å². The Hall–Kier alpha value is -1.22. The average Bonchev–Trinajstić information content (AvgIpc) is 2.84. The van der Waals surface area contributed by atoms with E-state index in [-0.39, 0.29) is 18.0 Å². The van der Waals surface area contributed by atoms with Gasteiger partial charge in [0.25, 0.3) is 0 Å². The first-order valence-electron chi connectivity index (χ1n) is 3.86. The zero-order valence-electron chi connectivity index (χ0n) is 6.73. The van der Waals surface area contributed by atoms with E-state index < -0.39 is 0 Å². The molecule has 1 fully saturated rings. The Morgan fingerprint density at radius 3 is 2.92 bits per heavy atom. The van der Waals surface area contributed by atoms with E-state index in [4.69, 9.17) is 4.74 Å². The normalized spacial score (nSPS) is 26.8. The van der Waals surface area contributed by atoms with Crippen molar-refractivity contribution >= 4 is 5.78 Å². The summed E-state index contributed by atoms with van der Waals surface area (Å²) >= 11 is 0. The van der Waals surface area contributed by atoms with Crippen molar-refractivity contribution in [3.8, 4) is 0 Å². The van der Waals surface area contributed by atoms with Crippen LogP contribution in [0.3, 0.4) is 0 Å². The average molecular weight is 163 g/mol. The number of epoxide rings is 1. The van der Waals surface area contributed by atoms with E-state index in [2.05, 4.69) is 4.98 Å². The van der Waals surface area contributed by atoms with Crippen LogP contribution in [0.15, 0.2) is 24.4 Å². The number of nitrogens with zero attached hydrogens (tertiary/aromatic N) is 1.